The summed E-state index contributed by atoms with van der Waals surface area (Å²) in [6, 6.07) is 0. The third kappa shape index (κ3) is 18.1. The van der Waals surface area contributed by atoms with E-state index in [1.807, 2.05) is 33.3 Å². The van der Waals surface area contributed by atoms with Gasteiger partial charge in [-0.15, -0.1) is 5.10 Å². The van der Waals surface area contributed by atoms with Gasteiger partial charge in [0.05, 0.1) is 37.8 Å². The molecule has 1 saturated carbocycles. The number of amides is 1. The number of phosphoric ester groups is 2. The zero-order valence-electron chi connectivity index (χ0n) is 29.2. The topological polar surface area (TPSA) is 181 Å². The number of fused-ring (bicyclic) bond motifs is 2. The highest BCUT2D eigenvalue weighted by Crippen LogP contribution is 2.53. The molecular formula is C31H58N4O10P2S2. The number of aryl methyl sites for hydroxylation is 2. The molecule has 1 aromatic heterocycles. The zero-order chi connectivity index (χ0) is 35.4. The summed E-state index contributed by atoms with van der Waals surface area (Å²) in [7, 11) is -1.04. The molecule has 2 unspecified atom stereocenters. The number of aromatic nitrogens is 3. The van der Waals surface area contributed by atoms with E-state index in [1.54, 1.807) is 0 Å². The maximum atomic E-state index is 12.2. The third-order valence-electron chi connectivity index (χ3n) is 9.03. The lowest BCUT2D eigenvalue weighted by Gasteiger charge is -2.12. The Morgan fingerprint density at radius 3 is 1.94 bits per heavy atom. The van der Waals surface area contributed by atoms with E-state index in [0.717, 1.165) is 114 Å². The molecule has 14 nitrogen and oxygen atoms in total. The van der Waals surface area contributed by atoms with E-state index >= 15 is 0 Å². The molecule has 2 aliphatic carbocycles. The zero-order valence-corrected chi connectivity index (χ0v) is 32.6. The van der Waals surface area contributed by atoms with E-state index < -0.39 is 15.6 Å². The number of carbonyl (C=O) groups excluding carboxylic acids is 1. The summed E-state index contributed by atoms with van der Waals surface area (Å²) in [4.78, 5) is 31.2. The fourth-order valence-corrected chi connectivity index (χ4v) is 9.68. The molecule has 3 N–H and O–H groups in total. The van der Waals surface area contributed by atoms with Crippen LogP contribution in [-0.2, 0) is 51.9 Å². The lowest BCUT2D eigenvalue weighted by atomic mass is 10.0. The highest BCUT2D eigenvalue weighted by Gasteiger charge is 2.50. The molecule has 2 aliphatic rings. The smallest absolute Gasteiger partial charge is 0.449 e. The molecule has 1 heterocycles. The number of hydrogen-bond donors (Lipinski definition) is 3. The highest BCUT2D eigenvalue weighted by atomic mass is 33.1. The van der Waals surface area contributed by atoms with Gasteiger partial charge in [-0.3, -0.25) is 22.8 Å². The lowest BCUT2D eigenvalue weighted by molar-refractivity contribution is 0.136. The molecule has 0 radical (unpaired) electrons. The summed E-state index contributed by atoms with van der Waals surface area (Å²) in [6.07, 6.45) is 14.5. The largest absolute Gasteiger partial charge is 0.472 e. The average Bonchev–Trinajstić information content (AvgIpc) is 3.60. The molecule has 0 spiro atoms. The summed E-state index contributed by atoms with van der Waals surface area (Å²) >= 11 is 0. The van der Waals surface area contributed by atoms with Crippen LogP contribution in [0.2, 0.25) is 0 Å². The van der Waals surface area contributed by atoms with Crippen LogP contribution in [0.15, 0.2) is 0 Å². The maximum Gasteiger partial charge on any atom is 0.472 e. The van der Waals surface area contributed by atoms with E-state index in [4.69, 9.17) is 23.2 Å². The van der Waals surface area contributed by atoms with Gasteiger partial charge in [-0.2, -0.15) is 0 Å². The molecule has 5 atom stereocenters. The Balaban J connectivity index is 1.03. The van der Waals surface area contributed by atoms with Crippen LogP contribution >= 0.6 is 37.2 Å². The summed E-state index contributed by atoms with van der Waals surface area (Å²) in [5, 5.41) is 11.3. The molecule has 284 valence electrons. The van der Waals surface area contributed by atoms with Crippen molar-refractivity contribution in [2.75, 3.05) is 51.6 Å². The van der Waals surface area contributed by atoms with Crippen LogP contribution < -0.4 is 5.32 Å². The Bertz CT molecular complexity index is 1180. The van der Waals surface area contributed by atoms with Crippen molar-refractivity contribution >= 4 is 43.3 Å². The van der Waals surface area contributed by atoms with Crippen LogP contribution in [-0.4, -0.2) is 82.5 Å². The Labute approximate surface area is 299 Å². The third-order valence-corrected chi connectivity index (χ3v) is 13.6. The minimum atomic E-state index is -4.03. The van der Waals surface area contributed by atoms with Gasteiger partial charge in [0.1, 0.15) is 0 Å². The quantitative estimate of drug-likeness (QED) is 0.0440. The van der Waals surface area contributed by atoms with E-state index in [2.05, 4.69) is 20.2 Å². The standard InChI is InChI=1S/C31H58N4O10P2S2/c1-35-30-18-16-27-26(15-17-29(30)33-34-35)28(27)25-42-31(36)32-19-9-3-4-10-21-44-47(39,40)45-22-12-6-8-14-24-49-48-23-13-7-5-11-20-43-46(37,38)41-2/h26-28H,3-25H2,1-2H3,(H,32,36)(H,37,38)(H,39,40)/t26-,27+,28-/m1/s1. The molecular weight excluding hydrogens is 714 g/mol. The molecule has 0 bridgehead atoms. The van der Waals surface area contributed by atoms with E-state index in [9.17, 15) is 18.8 Å². The first-order chi connectivity index (χ1) is 23.6. The van der Waals surface area contributed by atoms with Crippen molar-refractivity contribution in [3.8, 4) is 0 Å². The van der Waals surface area contributed by atoms with Crippen molar-refractivity contribution in [1.29, 1.82) is 0 Å². The number of hydrogen-bond acceptors (Lipinski definition) is 12. The predicted molar refractivity (Wildman–Crippen MR) is 192 cm³/mol. The fourth-order valence-electron chi connectivity index (χ4n) is 6.13. The molecule has 1 amide bonds. The number of phosphoric acid groups is 2. The first-order valence-electron chi connectivity index (χ1n) is 17.8. The molecule has 49 heavy (non-hydrogen) atoms. The van der Waals surface area contributed by atoms with Crippen LogP contribution in [0.1, 0.15) is 101 Å². The van der Waals surface area contributed by atoms with E-state index in [0.29, 0.717) is 43.7 Å². The van der Waals surface area contributed by atoms with Crippen molar-refractivity contribution in [3.05, 3.63) is 11.4 Å². The van der Waals surface area contributed by atoms with Gasteiger partial charge in [-0.1, -0.05) is 65.3 Å². The second-order valence-corrected chi connectivity index (χ2v) is 18.4. The number of nitrogens with zero attached hydrogens (tertiary/aromatic N) is 3. The van der Waals surface area contributed by atoms with Crippen molar-refractivity contribution in [3.63, 3.8) is 0 Å². The number of carbonyl (C=O) groups is 1. The van der Waals surface area contributed by atoms with Gasteiger partial charge >= 0.3 is 21.7 Å². The number of rotatable bonds is 28. The minimum Gasteiger partial charge on any atom is -0.449 e. The van der Waals surface area contributed by atoms with E-state index in [-0.39, 0.29) is 25.9 Å². The highest BCUT2D eigenvalue weighted by molar-refractivity contribution is 8.76. The molecule has 18 heteroatoms. The Morgan fingerprint density at radius 1 is 0.816 bits per heavy atom. The second kappa shape index (κ2) is 23.8. The number of nitrogens with one attached hydrogen (secondary N) is 1. The molecule has 0 aromatic carbocycles. The average molecular weight is 773 g/mol. The van der Waals surface area contributed by atoms with Gasteiger partial charge in [0, 0.05) is 32.2 Å². The predicted octanol–water partition coefficient (Wildman–Crippen LogP) is 7.24. The Morgan fingerprint density at radius 2 is 1.35 bits per heavy atom. The van der Waals surface area contributed by atoms with Gasteiger partial charge in [-0.05, 0) is 82.0 Å². The monoisotopic (exact) mass is 772 g/mol. The van der Waals surface area contributed by atoms with Gasteiger partial charge in [-0.25, -0.2) is 13.9 Å². The molecule has 1 aromatic rings. The van der Waals surface area contributed by atoms with Crippen LogP contribution in [0.5, 0.6) is 0 Å². The second-order valence-electron chi connectivity index (χ2n) is 12.7. The Kier molecular flexibility index (Phi) is 20.8. The van der Waals surface area contributed by atoms with Gasteiger partial charge in [0.25, 0.3) is 0 Å². The first kappa shape index (κ1) is 42.7. The van der Waals surface area contributed by atoms with Crippen LogP contribution in [0, 0.1) is 17.8 Å². The van der Waals surface area contributed by atoms with Crippen LogP contribution in [0.25, 0.3) is 0 Å². The van der Waals surface area contributed by atoms with Crippen molar-refractivity contribution in [1.82, 2.24) is 20.3 Å². The van der Waals surface area contributed by atoms with Gasteiger partial charge < -0.3 is 19.8 Å². The number of unbranched alkanes of at least 4 members (excludes halogenated alkanes) is 9. The van der Waals surface area contributed by atoms with Crippen molar-refractivity contribution in [2.24, 2.45) is 24.8 Å². The van der Waals surface area contributed by atoms with Crippen LogP contribution in [0.3, 0.4) is 0 Å². The maximum absolute atomic E-state index is 12.2. The summed E-state index contributed by atoms with van der Waals surface area (Å²) in [5.41, 5.74) is 2.35. The van der Waals surface area contributed by atoms with E-state index in [1.165, 1.54) is 5.69 Å². The van der Waals surface area contributed by atoms with Crippen molar-refractivity contribution < 1.29 is 46.5 Å². The fraction of sp³-hybridized carbons (Fsp3) is 0.903. The molecule has 1 fully saturated rings. The van der Waals surface area contributed by atoms with Gasteiger partial charge in [0.15, 0.2) is 0 Å². The summed E-state index contributed by atoms with van der Waals surface area (Å²) < 4.78 is 50.0. The Hall–Kier alpha value is -0.670. The van der Waals surface area contributed by atoms with Gasteiger partial charge in [0.2, 0.25) is 0 Å². The SMILES string of the molecule is COP(=O)(O)OCCCCCCSSCCCCCCOP(=O)(O)OCCCCCCNC(=O)OC[C@@H]1[C@@H]2CCc3nnn(C)c3CC[C@@H]21. The minimum absolute atomic E-state index is 0.162. The molecule has 3 rings (SSSR count). The van der Waals surface area contributed by atoms with Crippen LogP contribution in [0.4, 0.5) is 4.79 Å². The summed E-state index contributed by atoms with van der Waals surface area (Å²) in [6.45, 7) is 1.61. The number of alkyl carbamates (subject to hydrolysis) is 1. The lowest BCUT2D eigenvalue weighted by Crippen LogP contribution is -2.26. The first-order valence-corrected chi connectivity index (χ1v) is 23.3. The summed E-state index contributed by atoms with van der Waals surface area (Å²) in [5.74, 6) is 3.81. The van der Waals surface area contributed by atoms with Crippen molar-refractivity contribution in [2.45, 2.75) is 103 Å². The molecule has 0 aliphatic heterocycles. The normalized spacial score (nSPS) is 21.1. The number of ether oxygens (including phenoxy) is 1. The molecule has 0 saturated heterocycles.